The Morgan fingerprint density at radius 1 is 1.28 bits per heavy atom. The molecule has 0 saturated carbocycles. The summed E-state index contributed by atoms with van der Waals surface area (Å²) in [5, 5.41) is 10.6. The first kappa shape index (κ1) is 11.7. The van der Waals surface area contributed by atoms with Gasteiger partial charge in [-0.2, -0.15) is 0 Å². The number of nitrogen functional groups attached to an aromatic ring is 1. The topological polar surface area (TPSA) is 99.1 Å². The smallest absolute Gasteiger partial charge is 0.271 e. The molecular weight excluding hydrogens is 234 g/mol. The van der Waals surface area contributed by atoms with Crippen molar-refractivity contribution in [3.63, 3.8) is 0 Å². The SMILES string of the molecule is Nc1cc([N+](=O)[O-])ccc1C(=O)c1ccccn1. The number of hydrogen-bond donors (Lipinski definition) is 1. The van der Waals surface area contributed by atoms with Crippen LogP contribution < -0.4 is 5.73 Å². The molecule has 6 heteroatoms. The molecule has 0 aliphatic carbocycles. The number of anilines is 1. The Morgan fingerprint density at radius 2 is 2.06 bits per heavy atom. The van der Waals surface area contributed by atoms with E-state index in [9.17, 15) is 14.9 Å². The lowest BCUT2D eigenvalue weighted by Crippen LogP contribution is -2.07. The molecule has 2 aromatic rings. The highest BCUT2D eigenvalue weighted by Gasteiger charge is 2.16. The molecule has 18 heavy (non-hydrogen) atoms. The van der Waals surface area contributed by atoms with Gasteiger partial charge in [-0.3, -0.25) is 19.9 Å². The van der Waals surface area contributed by atoms with Crippen LogP contribution in [0, 0.1) is 10.1 Å². The van der Waals surface area contributed by atoms with Crippen molar-refractivity contribution >= 4 is 17.2 Å². The molecule has 0 bridgehead atoms. The summed E-state index contributed by atoms with van der Waals surface area (Å²) in [6, 6.07) is 8.67. The van der Waals surface area contributed by atoms with Crippen LogP contribution in [0.1, 0.15) is 16.1 Å². The van der Waals surface area contributed by atoms with Gasteiger partial charge in [-0.05, 0) is 18.2 Å². The van der Waals surface area contributed by atoms with Gasteiger partial charge in [0.25, 0.3) is 5.69 Å². The second kappa shape index (κ2) is 4.62. The maximum Gasteiger partial charge on any atom is 0.271 e. The van der Waals surface area contributed by atoms with E-state index < -0.39 is 4.92 Å². The standard InChI is InChI=1S/C12H9N3O3/c13-10-7-8(15(17)18)4-5-9(10)12(16)11-3-1-2-6-14-11/h1-7H,13H2. The number of nitrogens with zero attached hydrogens (tertiary/aromatic N) is 2. The van der Waals surface area contributed by atoms with Crippen molar-refractivity contribution in [3.8, 4) is 0 Å². The monoisotopic (exact) mass is 243 g/mol. The Balaban J connectivity index is 2.41. The van der Waals surface area contributed by atoms with Crippen LogP contribution in [0.4, 0.5) is 11.4 Å². The minimum absolute atomic E-state index is 0.0693. The van der Waals surface area contributed by atoms with Crippen LogP contribution in [0.25, 0.3) is 0 Å². The summed E-state index contributed by atoms with van der Waals surface area (Å²) in [7, 11) is 0. The van der Waals surface area contributed by atoms with Crippen molar-refractivity contribution in [2.75, 3.05) is 5.73 Å². The molecule has 1 aromatic heterocycles. The molecule has 6 nitrogen and oxygen atoms in total. The lowest BCUT2D eigenvalue weighted by Gasteiger charge is -2.03. The normalized spacial score (nSPS) is 10.0. The molecule has 0 spiro atoms. The van der Waals surface area contributed by atoms with Crippen molar-refractivity contribution in [1.82, 2.24) is 4.98 Å². The van der Waals surface area contributed by atoms with Gasteiger partial charge in [0.05, 0.1) is 4.92 Å². The fraction of sp³-hybridized carbons (Fsp3) is 0. The molecule has 0 fully saturated rings. The molecule has 0 atom stereocenters. The second-order valence-corrected chi connectivity index (χ2v) is 3.57. The van der Waals surface area contributed by atoms with Crippen LogP contribution >= 0.6 is 0 Å². The van der Waals surface area contributed by atoms with Crippen LogP contribution in [0.3, 0.4) is 0 Å². The van der Waals surface area contributed by atoms with E-state index in [1.165, 1.54) is 18.3 Å². The third-order valence-electron chi connectivity index (χ3n) is 2.39. The van der Waals surface area contributed by atoms with E-state index in [0.29, 0.717) is 0 Å². The third-order valence-corrected chi connectivity index (χ3v) is 2.39. The largest absolute Gasteiger partial charge is 0.398 e. The summed E-state index contributed by atoms with van der Waals surface area (Å²) in [4.78, 5) is 25.9. The number of hydrogen-bond acceptors (Lipinski definition) is 5. The summed E-state index contributed by atoms with van der Waals surface area (Å²) >= 11 is 0. The van der Waals surface area contributed by atoms with Crippen molar-refractivity contribution in [1.29, 1.82) is 0 Å². The Labute approximate surface area is 102 Å². The Morgan fingerprint density at radius 3 is 2.61 bits per heavy atom. The van der Waals surface area contributed by atoms with E-state index in [2.05, 4.69) is 4.98 Å². The highest BCUT2D eigenvalue weighted by molar-refractivity contribution is 6.11. The summed E-state index contributed by atoms with van der Waals surface area (Å²) in [5.74, 6) is -0.358. The maximum atomic E-state index is 12.0. The Hall–Kier alpha value is -2.76. The van der Waals surface area contributed by atoms with Gasteiger partial charge in [0.2, 0.25) is 5.78 Å². The number of nitro groups is 1. The number of rotatable bonds is 3. The van der Waals surface area contributed by atoms with Gasteiger partial charge >= 0.3 is 0 Å². The Bertz CT molecular complexity index is 611. The lowest BCUT2D eigenvalue weighted by atomic mass is 10.1. The molecule has 0 aliphatic rings. The summed E-state index contributed by atoms with van der Waals surface area (Å²) in [5.41, 5.74) is 6.02. The van der Waals surface area contributed by atoms with Crippen molar-refractivity contribution in [3.05, 3.63) is 64.0 Å². The first-order chi connectivity index (χ1) is 8.59. The molecule has 2 N–H and O–H groups in total. The average Bonchev–Trinajstić information content (AvgIpc) is 2.38. The van der Waals surface area contributed by atoms with Gasteiger partial charge < -0.3 is 5.73 Å². The number of carbonyl (C=O) groups excluding carboxylic acids is 1. The van der Waals surface area contributed by atoms with Crippen LogP contribution in [0.2, 0.25) is 0 Å². The van der Waals surface area contributed by atoms with Crippen molar-refractivity contribution in [2.24, 2.45) is 0 Å². The minimum atomic E-state index is -0.564. The molecular formula is C12H9N3O3. The van der Waals surface area contributed by atoms with Crippen LogP contribution in [-0.2, 0) is 0 Å². The molecule has 0 radical (unpaired) electrons. The van der Waals surface area contributed by atoms with E-state index in [1.807, 2.05) is 0 Å². The molecule has 90 valence electrons. The number of ketones is 1. The number of benzene rings is 1. The number of aromatic nitrogens is 1. The summed E-state index contributed by atoms with van der Waals surface area (Å²) < 4.78 is 0. The highest BCUT2D eigenvalue weighted by atomic mass is 16.6. The fourth-order valence-electron chi connectivity index (χ4n) is 1.51. The predicted molar refractivity (Wildman–Crippen MR) is 65.2 cm³/mol. The van der Waals surface area contributed by atoms with Crippen LogP contribution in [0.15, 0.2) is 42.6 Å². The Kier molecular flexibility index (Phi) is 3.01. The molecule has 0 saturated heterocycles. The number of nitro benzene ring substituents is 1. The number of nitrogens with two attached hydrogens (primary N) is 1. The zero-order chi connectivity index (χ0) is 13.1. The maximum absolute atomic E-state index is 12.0. The average molecular weight is 243 g/mol. The first-order valence-corrected chi connectivity index (χ1v) is 5.09. The molecule has 0 unspecified atom stereocenters. The summed E-state index contributed by atoms with van der Waals surface area (Å²) in [6.45, 7) is 0. The quantitative estimate of drug-likeness (QED) is 0.383. The zero-order valence-corrected chi connectivity index (χ0v) is 9.24. The predicted octanol–water partition coefficient (Wildman–Crippen LogP) is 1.80. The third kappa shape index (κ3) is 2.17. The molecule has 0 amide bonds. The van der Waals surface area contributed by atoms with Gasteiger partial charge in [-0.25, -0.2) is 0 Å². The van der Waals surface area contributed by atoms with E-state index in [1.54, 1.807) is 18.2 Å². The van der Waals surface area contributed by atoms with E-state index in [0.717, 1.165) is 6.07 Å². The number of pyridine rings is 1. The summed E-state index contributed by atoms with van der Waals surface area (Å²) in [6.07, 6.45) is 1.49. The number of carbonyl (C=O) groups is 1. The van der Waals surface area contributed by atoms with Crippen LogP contribution in [0.5, 0.6) is 0 Å². The number of non-ortho nitro benzene ring substituents is 1. The molecule has 0 aliphatic heterocycles. The molecule has 1 heterocycles. The lowest BCUT2D eigenvalue weighted by molar-refractivity contribution is -0.384. The van der Waals surface area contributed by atoms with E-state index in [4.69, 9.17) is 5.73 Å². The van der Waals surface area contributed by atoms with Crippen molar-refractivity contribution in [2.45, 2.75) is 0 Å². The van der Waals surface area contributed by atoms with Gasteiger partial charge in [-0.15, -0.1) is 0 Å². The van der Waals surface area contributed by atoms with E-state index >= 15 is 0 Å². The zero-order valence-electron chi connectivity index (χ0n) is 9.24. The van der Waals surface area contributed by atoms with Gasteiger partial charge in [0, 0.05) is 29.6 Å². The van der Waals surface area contributed by atoms with Crippen LogP contribution in [-0.4, -0.2) is 15.7 Å². The highest BCUT2D eigenvalue weighted by Crippen LogP contribution is 2.21. The van der Waals surface area contributed by atoms with Gasteiger partial charge in [-0.1, -0.05) is 6.07 Å². The fourth-order valence-corrected chi connectivity index (χ4v) is 1.51. The molecule has 2 rings (SSSR count). The minimum Gasteiger partial charge on any atom is -0.398 e. The van der Waals surface area contributed by atoms with Gasteiger partial charge in [0.15, 0.2) is 0 Å². The second-order valence-electron chi connectivity index (χ2n) is 3.57. The van der Waals surface area contributed by atoms with E-state index in [-0.39, 0.29) is 28.4 Å². The molecule has 1 aromatic carbocycles. The van der Waals surface area contributed by atoms with Gasteiger partial charge in [0.1, 0.15) is 5.69 Å². The first-order valence-electron chi connectivity index (χ1n) is 5.09. The van der Waals surface area contributed by atoms with Crippen molar-refractivity contribution < 1.29 is 9.72 Å².